The fourth-order valence-corrected chi connectivity index (χ4v) is 3.06. The van der Waals surface area contributed by atoms with Crippen molar-refractivity contribution in [3.63, 3.8) is 0 Å². The van der Waals surface area contributed by atoms with Gasteiger partial charge >= 0.3 is 0 Å². The molecule has 0 amide bonds. The van der Waals surface area contributed by atoms with Crippen molar-refractivity contribution >= 4 is 0 Å². The maximum atomic E-state index is 9.42. The van der Waals surface area contributed by atoms with E-state index in [0.717, 1.165) is 37.4 Å². The van der Waals surface area contributed by atoms with Crippen LogP contribution in [0.1, 0.15) is 24.1 Å². The molecule has 1 fully saturated rings. The number of morpholine rings is 1. The lowest BCUT2D eigenvalue weighted by atomic mass is 9.98. The molecule has 1 saturated heterocycles. The number of pyridine rings is 1. The van der Waals surface area contributed by atoms with E-state index >= 15 is 0 Å². The minimum atomic E-state index is 0.352. The van der Waals surface area contributed by atoms with E-state index in [2.05, 4.69) is 47.1 Å². The lowest BCUT2D eigenvalue weighted by Crippen LogP contribution is -2.37. The van der Waals surface area contributed by atoms with Gasteiger partial charge in [-0.25, -0.2) is 4.98 Å². The van der Waals surface area contributed by atoms with Crippen LogP contribution in [0.5, 0.6) is 5.88 Å². The summed E-state index contributed by atoms with van der Waals surface area (Å²) in [6.07, 6.45) is 1.67. The van der Waals surface area contributed by atoms with E-state index in [-0.39, 0.29) is 0 Å². The van der Waals surface area contributed by atoms with Gasteiger partial charge in [-0.3, -0.25) is 4.90 Å². The number of aromatic nitrogens is 1. The first-order valence-electron chi connectivity index (χ1n) is 8.10. The van der Waals surface area contributed by atoms with Crippen molar-refractivity contribution in [3.8, 4) is 23.1 Å². The SMILES string of the molecule is COc1nccc(-c2ccc([C@H](C)N3CCOCC3)cc2)c1C#N. The zero-order chi connectivity index (χ0) is 16.9. The Labute approximate surface area is 142 Å². The Morgan fingerprint density at radius 1 is 1.21 bits per heavy atom. The van der Waals surface area contributed by atoms with Gasteiger partial charge in [0, 0.05) is 30.9 Å². The number of hydrogen-bond acceptors (Lipinski definition) is 5. The summed E-state index contributed by atoms with van der Waals surface area (Å²) < 4.78 is 10.6. The third-order valence-electron chi connectivity index (χ3n) is 4.52. The molecule has 1 aliphatic rings. The Morgan fingerprint density at radius 3 is 2.54 bits per heavy atom. The van der Waals surface area contributed by atoms with Gasteiger partial charge in [-0.05, 0) is 24.1 Å². The standard InChI is InChI=1S/C19H21N3O2/c1-14(22-9-11-24-12-10-22)15-3-5-16(6-4-15)17-7-8-21-19(23-2)18(17)13-20/h3-8,14H,9-12H2,1-2H3/t14-/m0/s1. The molecule has 24 heavy (non-hydrogen) atoms. The number of benzene rings is 1. The van der Waals surface area contributed by atoms with Gasteiger partial charge in [0.1, 0.15) is 11.6 Å². The normalized spacial score (nSPS) is 16.4. The summed E-state index contributed by atoms with van der Waals surface area (Å²) >= 11 is 0. The average molecular weight is 323 g/mol. The van der Waals surface area contributed by atoms with Crippen molar-refractivity contribution in [2.45, 2.75) is 13.0 Å². The molecule has 1 aromatic heterocycles. The third kappa shape index (κ3) is 3.25. The van der Waals surface area contributed by atoms with E-state index < -0.39 is 0 Å². The van der Waals surface area contributed by atoms with Gasteiger partial charge in [0.2, 0.25) is 5.88 Å². The highest BCUT2D eigenvalue weighted by Gasteiger charge is 2.19. The number of ether oxygens (including phenoxy) is 2. The first-order chi connectivity index (χ1) is 11.7. The highest BCUT2D eigenvalue weighted by atomic mass is 16.5. The molecule has 0 spiro atoms. The molecule has 2 heterocycles. The van der Waals surface area contributed by atoms with Gasteiger partial charge in [-0.2, -0.15) is 5.26 Å². The fraction of sp³-hybridized carbons (Fsp3) is 0.368. The number of rotatable bonds is 4. The van der Waals surface area contributed by atoms with Crippen LogP contribution in [0.15, 0.2) is 36.5 Å². The smallest absolute Gasteiger partial charge is 0.232 e. The van der Waals surface area contributed by atoms with Gasteiger partial charge in [-0.15, -0.1) is 0 Å². The first kappa shape index (κ1) is 16.4. The fourth-order valence-electron chi connectivity index (χ4n) is 3.06. The maximum absolute atomic E-state index is 9.42. The molecule has 5 heteroatoms. The molecule has 2 aromatic rings. The predicted molar refractivity (Wildman–Crippen MR) is 91.7 cm³/mol. The van der Waals surface area contributed by atoms with E-state index in [9.17, 15) is 5.26 Å². The molecule has 1 atom stereocenters. The molecule has 0 N–H and O–H groups in total. The summed E-state index contributed by atoms with van der Waals surface area (Å²) in [6, 6.07) is 12.8. The second kappa shape index (κ2) is 7.43. The van der Waals surface area contributed by atoms with Gasteiger partial charge in [0.05, 0.1) is 20.3 Å². The third-order valence-corrected chi connectivity index (χ3v) is 4.52. The number of nitrogens with zero attached hydrogens (tertiary/aromatic N) is 3. The van der Waals surface area contributed by atoms with Crippen molar-refractivity contribution < 1.29 is 9.47 Å². The molecule has 3 rings (SSSR count). The van der Waals surface area contributed by atoms with Crippen molar-refractivity contribution in [2.24, 2.45) is 0 Å². The minimum Gasteiger partial charge on any atom is -0.480 e. The maximum Gasteiger partial charge on any atom is 0.232 e. The van der Waals surface area contributed by atoms with Crippen LogP contribution < -0.4 is 4.74 Å². The minimum absolute atomic E-state index is 0.352. The highest BCUT2D eigenvalue weighted by Crippen LogP contribution is 2.30. The summed E-state index contributed by atoms with van der Waals surface area (Å²) in [6.45, 7) is 5.73. The second-order valence-electron chi connectivity index (χ2n) is 5.80. The number of methoxy groups -OCH3 is 1. The second-order valence-corrected chi connectivity index (χ2v) is 5.80. The monoisotopic (exact) mass is 323 g/mol. The average Bonchev–Trinajstić information content (AvgIpc) is 2.67. The summed E-state index contributed by atoms with van der Waals surface area (Å²) in [7, 11) is 1.53. The molecule has 0 saturated carbocycles. The number of hydrogen-bond donors (Lipinski definition) is 0. The lowest BCUT2D eigenvalue weighted by Gasteiger charge is -2.32. The first-order valence-corrected chi connectivity index (χ1v) is 8.10. The zero-order valence-electron chi connectivity index (χ0n) is 14.0. The summed E-state index contributed by atoms with van der Waals surface area (Å²) in [5, 5.41) is 9.42. The molecular formula is C19H21N3O2. The van der Waals surface area contributed by atoms with Crippen molar-refractivity contribution in [1.82, 2.24) is 9.88 Å². The van der Waals surface area contributed by atoms with Gasteiger partial charge in [0.15, 0.2) is 0 Å². The van der Waals surface area contributed by atoms with Gasteiger partial charge in [-0.1, -0.05) is 24.3 Å². The Balaban J connectivity index is 1.86. The predicted octanol–water partition coefficient (Wildman–Crippen LogP) is 3.02. The molecule has 0 aliphatic carbocycles. The van der Waals surface area contributed by atoms with Crippen molar-refractivity contribution in [2.75, 3.05) is 33.4 Å². The van der Waals surface area contributed by atoms with E-state index in [1.807, 2.05) is 6.07 Å². The highest BCUT2D eigenvalue weighted by molar-refractivity contribution is 5.72. The molecule has 0 radical (unpaired) electrons. The van der Waals surface area contributed by atoms with Crippen LogP contribution in [-0.4, -0.2) is 43.3 Å². The number of nitriles is 1. The van der Waals surface area contributed by atoms with Crippen molar-refractivity contribution in [1.29, 1.82) is 5.26 Å². The van der Waals surface area contributed by atoms with Crippen LogP contribution in [0.3, 0.4) is 0 Å². The quantitative estimate of drug-likeness (QED) is 0.865. The topological polar surface area (TPSA) is 58.4 Å². The Hall–Kier alpha value is -2.42. The van der Waals surface area contributed by atoms with E-state index in [4.69, 9.17) is 9.47 Å². The molecule has 1 aliphatic heterocycles. The van der Waals surface area contributed by atoms with Crippen LogP contribution >= 0.6 is 0 Å². The zero-order valence-corrected chi connectivity index (χ0v) is 14.0. The van der Waals surface area contributed by atoms with Crippen LogP contribution in [0.25, 0.3) is 11.1 Å². The van der Waals surface area contributed by atoms with Crippen LogP contribution in [-0.2, 0) is 4.74 Å². The largest absolute Gasteiger partial charge is 0.480 e. The molecular weight excluding hydrogens is 302 g/mol. The Kier molecular flexibility index (Phi) is 5.09. The van der Waals surface area contributed by atoms with Gasteiger partial charge in [0.25, 0.3) is 0 Å². The molecule has 0 unspecified atom stereocenters. The van der Waals surface area contributed by atoms with Gasteiger partial charge < -0.3 is 9.47 Å². The molecule has 5 nitrogen and oxygen atoms in total. The van der Waals surface area contributed by atoms with E-state index in [0.29, 0.717) is 17.5 Å². The Morgan fingerprint density at radius 2 is 1.92 bits per heavy atom. The van der Waals surface area contributed by atoms with Crippen LogP contribution in [0, 0.1) is 11.3 Å². The summed E-state index contributed by atoms with van der Waals surface area (Å²) in [5.74, 6) is 0.362. The summed E-state index contributed by atoms with van der Waals surface area (Å²) in [4.78, 5) is 6.52. The lowest BCUT2D eigenvalue weighted by molar-refractivity contribution is 0.0198. The van der Waals surface area contributed by atoms with Crippen molar-refractivity contribution in [3.05, 3.63) is 47.7 Å². The summed E-state index contributed by atoms with van der Waals surface area (Å²) in [5.41, 5.74) is 3.56. The van der Waals surface area contributed by atoms with E-state index in [1.165, 1.54) is 12.7 Å². The molecule has 0 bridgehead atoms. The Bertz CT molecular complexity index is 731. The van der Waals surface area contributed by atoms with Crippen LogP contribution in [0.2, 0.25) is 0 Å². The molecule has 124 valence electrons. The van der Waals surface area contributed by atoms with Crippen LogP contribution in [0.4, 0.5) is 0 Å². The molecule has 1 aromatic carbocycles. The van der Waals surface area contributed by atoms with E-state index in [1.54, 1.807) is 6.20 Å².